The van der Waals surface area contributed by atoms with Gasteiger partial charge in [0.15, 0.2) is 0 Å². The first-order valence-corrected chi connectivity index (χ1v) is 8.42. The van der Waals surface area contributed by atoms with E-state index >= 15 is 0 Å². The van der Waals surface area contributed by atoms with Crippen LogP contribution in [0.3, 0.4) is 0 Å². The second kappa shape index (κ2) is 6.87. The second-order valence-electron chi connectivity index (χ2n) is 6.44. The molecule has 0 aliphatic carbocycles. The highest BCUT2D eigenvalue weighted by Gasteiger charge is 2.23. The minimum absolute atomic E-state index is 0.154. The van der Waals surface area contributed by atoms with Gasteiger partial charge >= 0.3 is 0 Å². The van der Waals surface area contributed by atoms with Crippen LogP contribution in [0, 0.1) is 5.92 Å². The Hall–Kier alpha value is -1.98. The Morgan fingerprint density at radius 1 is 1.33 bits per heavy atom. The standard InChI is InChI=1S/C18H22ClN3O2/c1-10(5-11(2)20)8-23-15-4-3-13-14-6-16(21)22-7-12(14)9-24-18(13)17(15)19/h3-4,6-7,10-11H,5,8-9,20H2,1-2H3,(H2,21,22). The van der Waals surface area contributed by atoms with Crippen LogP contribution < -0.4 is 20.9 Å². The van der Waals surface area contributed by atoms with Crippen LogP contribution in [0.1, 0.15) is 25.8 Å². The summed E-state index contributed by atoms with van der Waals surface area (Å²) in [6, 6.07) is 5.82. The summed E-state index contributed by atoms with van der Waals surface area (Å²) in [5.41, 5.74) is 14.5. The molecule has 0 fully saturated rings. The van der Waals surface area contributed by atoms with Crippen LogP contribution in [0.2, 0.25) is 5.02 Å². The van der Waals surface area contributed by atoms with Crippen molar-refractivity contribution in [3.63, 3.8) is 0 Å². The number of hydrogen-bond donors (Lipinski definition) is 2. The molecule has 1 aromatic carbocycles. The van der Waals surface area contributed by atoms with Gasteiger partial charge in [-0.15, -0.1) is 0 Å². The number of nitrogens with two attached hydrogens (primary N) is 2. The number of fused-ring (bicyclic) bond motifs is 3. The molecular formula is C18H22ClN3O2. The Kier molecular flexibility index (Phi) is 4.83. The lowest BCUT2D eigenvalue weighted by Gasteiger charge is -2.23. The van der Waals surface area contributed by atoms with Gasteiger partial charge in [0.2, 0.25) is 0 Å². The smallest absolute Gasteiger partial charge is 0.150 e. The molecule has 6 heteroatoms. The average molecular weight is 348 g/mol. The summed E-state index contributed by atoms with van der Waals surface area (Å²) in [4.78, 5) is 4.11. The zero-order valence-electron chi connectivity index (χ0n) is 13.9. The van der Waals surface area contributed by atoms with Gasteiger partial charge in [-0.3, -0.25) is 0 Å². The highest BCUT2D eigenvalue weighted by molar-refractivity contribution is 6.34. The van der Waals surface area contributed by atoms with Crippen LogP contribution in [0.15, 0.2) is 24.4 Å². The summed E-state index contributed by atoms with van der Waals surface area (Å²) in [5, 5.41) is 0.488. The fourth-order valence-electron chi connectivity index (χ4n) is 2.95. The number of benzene rings is 1. The van der Waals surface area contributed by atoms with Crippen molar-refractivity contribution >= 4 is 17.4 Å². The lowest BCUT2D eigenvalue weighted by Crippen LogP contribution is -2.21. The van der Waals surface area contributed by atoms with Gasteiger partial charge in [0, 0.05) is 23.4 Å². The Morgan fingerprint density at radius 2 is 2.12 bits per heavy atom. The number of ether oxygens (including phenoxy) is 2. The van der Waals surface area contributed by atoms with Gasteiger partial charge in [-0.25, -0.2) is 4.98 Å². The van der Waals surface area contributed by atoms with E-state index in [1.54, 1.807) is 6.20 Å². The number of hydrogen-bond acceptors (Lipinski definition) is 5. The van der Waals surface area contributed by atoms with Gasteiger partial charge < -0.3 is 20.9 Å². The molecular weight excluding hydrogens is 326 g/mol. The fraction of sp³-hybridized carbons (Fsp3) is 0.389. The maximum Gasteiger partial charge on any atom is 0.150 e. The summed E-state index contributed by atoms with van der Waals surface area (Å²) < 4.78 is 11.7. The summed E-state index contributed by atoms with van der Waals surface area (Å²) >= 11 is 6.50. The first kappa shape index (κ1) is 16.9. The lowest BCUT2D eigenvalue weighted by atomic mass is 9.98. The van der Waals surface area contributed by atoms with E-state index in [1.165, 1.54) is 0 Å². The van der Waals surface area contributed by atoms with Crippen molar-refractivity contribution in [3.05, 3.63) is 35.0 Å². The molecule has 4 N–H and O–H groups in total. The Morgan fingerprint density at radius 3 is 2.88 bits per heavy atom. The summed E-state index contributed by atoms with van der Waals surface area (Å²) in [6.07, 6.45) is 2.64. The average Bonchev–Trinajstić information content (AvgIpc) is 2.53. The maximum absolute atomic E-state index is 6.50. The van der Waals surface area contributed by atoms with Gasteiger partial charge in [0.05, 0.1) is 6.61 Å². The summed E-state index contributed by atoms with van der Waals surface area (Å²) in [7, 11) is 0. The van der Waals surface area contributed by atoms with Crippen molar-refractivity contribution in [2.24, 2.45) is 11.7 Å². The molecule has 0 radical (unpaired) electrons. The van der Waals surface area contributed by atoms with E-state index in [1.807, 2.05) is 25.1 Å². The molecule has 0 bridgehead atoms. The minimum Gasteiger partial charge on any atom is -0.492 e. The van der Waals surface area contributed by atoms with Crippen molar-refractivity contribution in [1.82, 2.24) is 4.98 Å². The van der Waals surface area contributed by atoms with Crippen molar-refractivity contribution in [2.45, 2.75) is 32.9 Å². The van der Waals surface area contributed by atoms with Gasteiger partial charge in [0.1, 0.15) is 28.9 Å². The van der Waals surface area contributed by atoms with E-state index in [0.29, 0.717) is 41.5 Å². The number of nitrogen functional groups attached to an aromatic ring is 1. The molecule has 1 aliphatic rings. The minimum atomic E-state index is 0.154. The van der Waals surface area contributed by atoms with Crippen LogP contribution in [0.25, 0.3) is 11.1 Å². The van der Waals surface area contributed by atoms with Crippen molar-refractivity contribution < 1.29 is 9.47 Å². The van der Waals surface area contributed by atoms with Crippen molar-refractivity contribution in [2.75, 3.05) is 12.3 Å². The SMILES string of the molecule is CC(N)CC(C)COc1ccc2c(c1Cl)OCc1cnc(N)cc1-2. The van der Waals surface area contributed by atoms with Crippen LogP contribution in [-0.2, 0) is 6.61 Å². The number of anilines is 1. The zero-order chi connectivity index (χ0) is 17.3. The van der Waals surface area contributed by atoms with E-state index in [9.17, 15) is 0 Å². The van der Waals surface area contributed by atoms with Crippen molar-refractivity contribution in [1.29, 1.82) is 0 Å². The normalized spacial score (nSPS) is 15.0. The van der Waals surface area contributed by atoms with E-state index in [4.69, 9.17) is 32.5 Å². The molecule has 0 saturated carbocycles. The van der Waals surface area contributed by atoms with Gasteiger partial charge in [-0.1, -0.05) is 18.5 Å². The predicted octanol–water partition coefficient (Wildman–Crippen LogP) is 3.63. The van der Waals surface area contributed by atoms with Crippen LogP contribution >= 0.6 is 11.6 Å². The van der Waals surface area contributed by atoms with E-state index in [0.717, 1.165) is 23.1 Å². The Balaban J connectivity index is 1.84. The molecule has 3 rings (SSSR count). The lowest BCUT2D eigenvalue weighted by molar-refractivity contribution is 0.243. The van der Waals surface area contributed by atoms with Crippen molar-refractivity contribution in [3.8, 4) is 22.6 Å². The third-order valence-electron chi connectivity index (χ3n) is 4.03. The van der Waals surface area contributed by atoms with Crippen LogP contribution in [0.4, 0.5) is 5.82 Å². The zero-order valence-corrected chi connectivity index (χ0v) is 14.6. The van der Waals surface area contributed by atoms with Gasteiger partial charge in [0.25, 0.3) is 0 Å². The van der Waals surface area contributed by atoms with E-state index < -0.39 is 0 Å². The molecule has 0 amide bonds. The second-order valence-corrected chi connectivity index (χ2v) is 6.82. The summed E-state index contributed by atoms with van der Waals surface area (Å²) in [5.74, 6) is 2.08. The molecule has 2 unspecified atom stereocenters. The number of halogens is 1. The largest absolute Gasteiger partial charge is 0.492 e. The topological polar surface area (TPSA) is 83.4 Å². The molecule has 2 aromatic rings. The first-order chi connectivity index (χ1) is 11.5. The predicted molar refractivity (Wildman–Crippen MR) is 96.4 cm³/mol. The molecule has 128 valence electrons. The third kappa shape index (κ3) is 3.42. The van der Waals surface area contributed by atoms with E-state index in [-0.39, 0.29) is 6.04 Å². The molecule has 0 saturated heterocycles. The fourth-order valence-corrected chi connectivity index (χ4v) is 3.23. The number of rotatable bonds is 5. The molecule has 1 aromatic heterocycles. The Labute approximate surface area is 146 Å². The highest BCUT2D eigenvalue weighted by atomic mass is 35.5. The van der Waals surface area contributed by atoms with E-state index in [2.05, 4.69) is 11.9 Å². The number of aromatic nitrogens is 1. The van der Waals surface area contributed by atoms with Gasteiger partial charge in [-0.2, -0.15) is 0 Å². The number of nitrogens with zero attached hydrogens (tertiary/aromatic N) is 1. The van der Waals surface area contributed by atoms with Crippen LogP contribution in [0.5, 0.6) is 11.5 Å². The quantitative estimate of drug-likeness (QED) is 0.862. The highest BCUT2D eigenvalue weighted by Crippen LogP contribution is 2.46. The summed E-state index contributed by atoms with van der Waals surface area (Å²) in [6.45, 7) is 5.08. The molecule has 0 spiro atoms. The molecule has 2 heterocycles. The molecule has 2 atom stereocenters. The molecule has 24 heavy (non-hydrogen) atoms. The van der Waals surface area contributed by atoms with Gasteiger partial charge in [-0.05, 0) is 43.0 Å². The monoisotopic (exact) mass is 347 g/mol. The molecule has 5 nitrogen and oxygen atoms in total. The number of pyridine rings is 1. The molecule has 1 aliphatic heterocycles. The maximum atomic E-state index is 6.50. The van der Waals surface area contributed by atoms with Crippen LogP contribution in [-0.4, -0.2) is 17.6 Å². The Bertz CT molecular complexity index is 749. The third-order valence-corrected chi connectivity index (χ3v) is 4.39. The first-order valence-electron chi connectivity index (χ1n) is 8.04.